The number of unbranched alkanes of at least 4 members (excludes halogenated alkanes) is 1. The molecule has 0 aliphatic heterocycles. The van der Waals surface area contributed by atoms with Crippen LogP contribution >= 0.6 is 0 Å². The first-order valence-corrected chi connectivity index (χ1v) is 6.85. The number of hydrogen-bond donors (Lipinski definition) is 2. The number of hydrazine groups is 1. The second kappa shape index (κ2) is 9.09. The zero-order valence-corrected chi connectivity index (χ0v) is 12.5. The molecular formula is C13H23N5O3. The summed E-state index contributed by atoms with van der Waals surface area (Å²) >= 11 is 0. The number of likely N-dealkylation sites (N-methyl/N-ethyl adjacent to an activating group) is 1. The Kier molecular flexibility index (Phi) is 7.41. The van der Waals surface area contributed by atoms with Gasteiger partial charge in [0.25, 0.3) is 5.56 Å². The van der Waals surface area contributed by atoms with Gasteiger partial charge >= 0.3 is 0 Å². The van der Waals surface area contributed by atoms with Crippen molar-refractivity contribution in [3.05, 3.63) is 22.6 Å². The Hall–Kier alpha value is -1.93. The minimum Gasteiger partial charge on any atom is -0.383 e. The normalized spacial score (nSPS) is 10.4. The summed E-state index contributed by atoms with van der Waals surface area (Å²) in [7, 11) is 3.51. The van der Waals surface area contributed by atoms with Crippen molar-refractivity contribution in [2.45, 2.75) is 25.8 Å². The van der Waals surface area contributed by atoms with Gasteiger partial charge in [0.1, 0.15) is 0 Å². The number of methoxy groups -OCH3 is 1. The third-order valence-electron chi connectivity index (χ3n) is 3.11. The van der Waals surface area contributed by atoms with Gasteiger partial charge in [-0.05, 0) is 12.8 Å². The molecule has 1 heterocycles. The summed E-state index contributed by atoms with van der Waals surface area (Å²) in [4.78, 5) is 24.8. The number of aryl methyl sites for hydroxylation is 1. The van der Waals surface area contributed by atoms with E-state index in [2.05, 4.69) is 10.5 Å². The highest BCUT2D eigenvalue weighted by Gasteiger charge is 2.05. The average Bonchev–Trinajstić information content (AvgIpc) is 2.49. The van der Waals surface area contributed by atoms with Crippen LogP contribution < -0.4 is 21.7 Å². The highest BCUT2D eigenvalue weighted by Crippen LogP contribution is 2.06. The van der Waals surface area contributed by atoms with E-state index in [1.165, 1.54) is 4.68 Å². The van der Waals surface area contributed by atoms with Gasteiger partial charge in [-0.2, -0.15) is 5.10 Å². The van der Waals surface area contributed by atoms with E-state index in [1.807, 2.05) is 11.9 Å². The maximum atomic E-state index is 11.9. The van der Waals surface area contributed by atoms with Crippen molar-refractivity contribution >= 4 is 11.6 Å². The Balaban J connectivity index is 2.50. The third-order valence-corrected chi connectivity index (χ3v) is 3.11. The standard InChI is InChI=1S/C13H23N5O3/c1-17(7-8-21-2)11-9-13(20)18(15-10-11)6-4-3-5-12(19)16-14/h9-10H,3-8,14H2,1-2H3,(H,16,19). The van der Waals surface area contributed by atoms with E-state index in [9.17, 15) is 9.59 Å². The maximum absolute atomic E-state index is 11.9. The van der Waals surface area contributed by atoms with Gasteiger partial charge in [-0.15, -0.1) is 0 Å². The average molecular weight is 297 g/mol. The van der Waals surface area contributed by atoms with Gasteiger partial charge < -0.3 is 9.64 Å². The fourth-order valence-corrected chi connectivity index (χ4v) is 1.78. The van der Waals surface area contributed by atoms with Gasteiger partial charge in [0, 0.05) is 39.7 Å². The van der Waals surface area contributed by atoms with E-state index >= 15 is 0 Å². The zero-order chi connectivity index (χ0) is 15.7. The summed E-state index contributed by atoms with van der Waals surface area (Å²) < 4.78 is 6.39. The molecule has 0 aliphatic carbocycles. The Morgan fingerprint density at radius 2 is 2.29 bits per heavy atom. The molecule has 0 saturated carbocycles. The number of anilines is 1. The van der Waals surface area contributed by atoms with Crippen LogP contribution in [0.1, 0.15) is 19.3 Å². The molecule has 118 valence electrons. The summed E-state index contributed by atoms with van der Waals surface area (Å²) in [6.07, 6.45) is 3.36. The predicted molar refractivity (Wildman–Crippen MR) is 79.8 cm³/mol. The number of nitrogens with zero attached hydrogens (tertiary/aromatic N) is 3. The van der Waals surface area contributed by atoms with E-state index in [4.69, 9.17) is 10.6 Å². The van der Waals surface area contributed by atoms with Gasteiger partial charge in [0.2, 0.25) is 5.91 Å². The minimum absolute atomic E-state index is 0.153. The second-order valence-electron chi connectivity index (χ2n) is 4.71. The van der Waals surface area contributed by atoms with E-state index in [1.54, 1.807) is 19.4 Å². The Bertz CT molecular complexity index is 503. The van der Waals surface area contributed by atoms with Crippen LogP contribution in [0.3, 0.4) is 0 Å². The first-order chi connectivity index (χ1) is 10.1. The molecule has 1 rings (SSSR count). The third kappa shape index (κ3) is 5.92. The number of amides is 1. The summed E-state index contributed by atoms with van der Waals surface area (Å²) in [5.74, 6) is 4.79. The van der Waals surface area contributed by atoms with Crippen molar-refractivity contribution in [1.29, 1.82) is 0 Å². The maximum Gasteiger partial charge on any atom is 0.268 e. The van der Waals surface area contributed by atoms with Crippen LogP contribution in [-0.2, 0) is 16.1 Å². The number of carbonyl (C=O) groups excluding carboxylic acids is 1. The first kappa shape index (κ1) is 17.1. The van der Waals surface area contributed by atoms with Gasteiger partial charge in [-0.1, -0.05) is 0 Å². The predicted octanol–water partition coefficient (Wildman–Crippen LogP) is -0.514. The molecule has 0 bridgehead atoms. The van der Waals surface area contributed by atoms with Crippen molar-refractivity contribution in [1.82, 2.24) is 15.2 Å². The molecule has 0 fully saturated rings. The van der Waals surface area contributed by atoms with Crippen LogP contribution in [0.2, 0.25) is 0 Å². The molecule has 0 saturated heterocycles. The quantitative estimate of drug-likeness (QED) is 0.275. The van der Waals surface area contributed by atoms with E-state index in [0.717, 1.165) is 5.69 Å². The number of hydrogen-bond acceptors (Lipinski definition) is 6. The Morgan fingerprint density at radius 1 is 1.52 bits per heavy atom. The molecular weight excluding hydrogens is 274 g/mol. The van der Waals surface area contributed by atoms with Crippen LogP contribution in [0.15, 0.2) is 17.1 Å². The first-order valence-electron chi connectivity index (χ1n) is 6.85. The number of ether oxygens (including phenoxy) is 1. The molecule has 0 spiro atoms. The van der Waals surface area contributed by atoms with Crippen molar-refractivity contribution in [2.24, 2.45) is 5.84 Å². The summed E-state index contributed by atoms with van der Waals surface area (Å²) in [6.45, 7) is 1.76. The molecule has 1 aromatic rings. The molecule has 8 heteroatoms. The fraction of sp³-hybridized carbons (Fsp3) is 0.615. The Morgan fingerprint density at radius 3 is 2.90 bits per heavy atom. The number of aromatic nitrogens is 2. The number of rotatable bonds is 9. The molecule has 0 aromatic carbocycles. The minimum atomic E-state index is -0.203. The molecule has 0 radical (unpaired) electrons. The molecule has 1 amide bonds. The molecule has 0 unspecified atom stereocenters. The molecule has 3 N–H and O–H groups in total. The second-order valence-corrected chi connectivity index (χ2v) is 4.71. The highest BCUT2D eigenvalue weighted by atomic mass is 16.5. The van der Waals surface area contributed by atoms with Crippen molar-refractivity contribution in [2.75, 3.05) is 32.2 Å². The van der Waals surface area contributed by atoms with E-state index in [-0.39, 0.29) is 11.5 Å². The van der Waals surface area contributed by atoms with E-state index in [0.29, 0.717) is 39.0 Å². The molecule has 1 aromatic heterocycles. The van der Waals surface area contributed by atoms with E-state index < -0.39 is 0 Å². The van der Waals surface area contributed by atoms with Crippen molar-refractivity contribution in [3.8, 4) is 0 Å². The van der Waals surface area contributed by atoms with Crippen LogP contribution in [0.5, 0.6) is 0 Å². The smallest absolute Gasteiger partial charge is 0.268 e. The lowest BCUT2D eigenvalue weighted by Crippen LogP contribution is -2.30. The van der Waals surface area contributed by atoms with Crippen LogP contribution in [0.4, 0.5) is 5.69 Å². The molecule has 0 aliphatic rings. The Labute approximate surface area is 123 Å². The van der Waals surface area contributed by atoms with Gasteiger partial charge in [-0.3, -0.25) is 15.0 Å². The number of nitrogens with two attached hydrogens (primary N) is 1. The topological polar surface area (TPSA) is 102 Å². The number of nitrogens with one attached hydrogen (secondary N) is 1. The fourth-order valence-electron chi connectivity index (χ4n) is 1.78. The summed E-state index contributed by atoms with van der Waals surface area (Å²) in [5, 5.41) is 4.14. The zero-order valence-electron chi connectivity index (χ0n) is 12.5. The monoisotopic (exact) mass is 297 g/mol. The summed E-state index contributed by atoms with van der Waals surface area (Å²) in [6, 6.07) is 1.55. The SMILES string of the molecule is COCCN(C)c1cnn(CCCCC(=O)NN)c(=O)c1. The lowest BCUT2D eigenvalue weighted by Gasteiger charge is -2.18. The van der Waals surface area contributed by atoms with Crippen LogP contribution in [-0.4, -0.2) is 43.0 Å². The van der Waals surface area contributed by atoms with Crippen molar-refractivity contribution < 1.29 is 9.53 Å². The van der Waals surface area contributed by atoms with Crippen molar-refractivity contribution in [3.63, 3.8) is 0 Å². The largest absolute Gasteiger partial charge is 0.383 e. The molecule has 21 heavy (non-hydrogen) atoms. The van der Waals surface area contributed by atoms with Gasteiger partial charge in [0.05, 0.1) is 18.5 Å². The molecule has 8 nitrogen and oxygen atoms in total. The number of carbonyl (C=O) groups is 1. The highest BCUT2D eigenvalue weighted by molar-refractivity contribution is 5.75. The van der Waals surface area contributed by atoms with Gasteiger partial charge in [0.15, 0.2) is 0 Å². The summed E-state index contributed by atoms with van der Waals surface area (Å²) in [5.41, 5.74) is 2.68. The van der Waals surface area contributed by atoms with Crippen LogP contribution in [0, 0.1) is 0 Å². The molecule has 0 atom stereocenters. The lowest BCUT2D eigenvalue weighted by atomic mass is 10.2. The van der Waals surface area contributed by atoms with Crippen LogP contribution in [0.25, 0.3) is 0 Å². The van der Waals surface area contributed by atoms with Gasteiger partial charge in [-0.25, -0.2) is 10.5 Å². The lowest BCUT2D eigenvalue weighted by molar-refractivity contribution is -0.121.